The first-order valence-electron chi connectivity index (χ1n) is 6.04. The largest absolute Gasteiger partial charge is 0.198 e. The molecule has 1 aromatic carbocycles. The van der Waals surface area contributed by atoms with Crippen molar-refractivity contribution in [3.63, 3.8) is 0 Å². The van der Waals surface area contributed by atoms with Crippen molar-refractivity contribution < 1.29 is 0 Å². The van der Waals surface area contributed by atoms with Crippen molar-refractivity contribution in [2.24, 2.45) is 5.41 Å². The van der Waals surface area contributed by atoms with Gasteiger partial charge in [-0.1, -0.05) is 37.6 Å². The van der Waals surface area contributed by atoms with E-state index < -0.39 is 0 Å². The fourth-order valence-corrected chi connectivity index (χ4v) is 2.05. The van der Waals surface area contributed by atoms with Gasteiger partial charge in [0, 0.05) is 0 Å². The lowest BCUT2D eigenvalue weighted by molar-refractivity contribution is 0.363. The zero-order chi connectivity index (χ0) is 12.2. The summed E-state index contributed by atoms with van der Waals surface area (Å²) in [5, 5.41) is 9.35. The van der Waals surface area contributed by atoms with Crippen molar-refractivity contribution in [1.82, 2.24) is 0 Å². The van der Waals surface area contributed by atoms with Crippen LogP contribution in [0.3, 0.4) is 0 Å². The summed E-state index contributed by atoms with van der Waals surface area (Å²) in [4.78, 5) is 0. The lowest BCUT2D eigenvalue weighted by atomic mass is 9.77. The molecule has 1 nitrogen and oxygen atoms in total. The second kappa shape index (κ2) is 5.16. The van der Waals surface area contributed by atoms with Gasteiger partial charge in [0.2, 0.25) is 0 Å². The average Bonchev–Trinajstić information content (AvgIpc) is 2.31. The molecule has 0 spiro atoms. The van der Waals surface area contributed by atoms with Gasteiger partial charge in [-0.3, -0.25) is 0 Å². The number of benzene rings is 1. The quantitative estimate of drug-likeness (QED) is 0.739. The van der Waals surface area contributed by atoms with Gasteiger partial charge in [0.15, 0.2) is 0 Å². The van der Waals surface area contributed by atoms with E-state index in [0.29, 0.717) is 0 Å². The third-order valence-electron chi connectivity index (χ3n) is 3.62. The van der Waals surface area contributed by atoms with E-state index in [1.165, 1.54) is 16.7 Å². The molecule has 0 aliphatic rings. The van der Waals surface area contributed by atoms with Gasteiger partial charge in [0.05, 0.1) is 11.5 Å². The molecule has 0 atom stereocenters. The number of rotatable bonds is 4. The zero-order valence-electron chi connectivity index (χ0n) is 10.8. The molecule has 0 radical (unpaired) electrons. The van der Waals surface area contributed by atoms with Crippen molar-refractivity contribution in [2.45, 2.75) is 47.0 Å². The Labute approximate surface area is 99.1 Å². The SMILES string of the molecule is CCC(C#N)(CC)Cc1cc(C)ccc1C. The third kappa shape index (κ3) is 2.64. The van der Waals surface area contributed by atoms with Crippen LogP contribution in [0.15, 0.2) is 18.2 Å². The van der Waals surface area contributed by atoms with E-state index in [2.05, 4.69) is 52.0 Å². The molecule has 16 heavy (non-hydrogen) atoms. The average molecular weight is 215 g/mol. The molecule has 0 unspecified atom stereocenters. The summed E-state index contributed by atoms with van der Waals surface area (Å²) < 4.78 is 0. The molecule has 1 rings (SSSR count). The summed E-state index contributed by atoms with van der Waals surface area (Å²) in [6, 6.07) is 9.01. The molecule has 0 aliphatic heterocycles. The van der Waals surface area contributed by atoms with E-state index in [9.17, 15) is 5.26 Å². The number of nitriles is 1. The number of aryl methyl sites for hydroxylation is 2. The van der Waals surface area contributed by atoms with Gasteiger partial charge in [0.25, 0.3) is 0 Å². The number of nitrogens with zero attached hydrogens (tertiary/aromatic N) is 1. The minimum absolute atomic E-state index is 0.182. The van der Waals surface area contributed by atoms with Crippen LogP contribution in [0.1, 0.15) is 43.4 Å². The van der Waals surface area contributed by atoms with Crippen molar-refractivity contribution in [2.75, 3.05) is 0 Å². The van der Waals surface area contributed by atoms with Gasteiger partial charge in [-0.05, 0) is 44.2 Å². The first-order chi connectivity index (χ1) is 7.56. The van der Waals surface area contributed by atoms with Gasteiger partial charge < -0.3 is 0 Å². The molecule has 0 amide bonds. The van der Waals surface area contributed by atoms with E-state index in [-0.39, 0.29) is 5.41 Å². The number of hydrogen-bond acceptors (Lipinski definition) is 1. The van der Waals surface area contributed by atoms with Crippen molar-refractivity contribution >= 4 is 0 Å². The minimum Gasteiger partial charge on any atom is -0.198 e. The summed E-state index contributed by atoms with van der Waals surface area (Å²) in [6.45, 7) is 8.45. The zero-order valence-corrected chi connectivity index (χ0v) is 10.8. The molecule has 0 saturated heterocycles. The van der Waals surface area contributed by atoms with Crippen LogP contribution in [-0.4, -0.2) is 0 Å². The number of hydrogen-bond donors (Lipinski definition) is 0. The normalized spacial score (nSPS) is 11.2. The van der Waals surface area contributed by atoms with E-state index >= 15 is 0 Å². The molecule has 0 heterocycles. The maximum atomic E-state index is 9.35. The van der Waals surface area contributed by atoms with Crippen LogP contribution in [-0.2, 0) is 6.42 Å². The van der Waals surface area contributed by atoms with Crippen LogP contribution in [0.2, 0.25) is 0 Å². The summed E-state index contributed by atoms with van der Waals surface area (Å²) in [5.41, 5.74) is 3.72. The highest BCUT2D eigenvalue weighted by Crippen LogP contribution is 2.31. The molecule has 0 saturated carbocycles. The highest BCUT2D eigenvalue weighted by molar-refractivity contribution is 5.32. The molecule has 0 fully saturated rings. The summed E-state index contributed by atoms with van der Waals surface area (Å²) in [7, 11) is 0. The van der Waals surface area contributed by atoms with Gasteiger partial charge in [-0.2, -0.15) is 5.26 Å². The third-order valence-corrected chi connectivity index (χ3v) is 3.62. The molecule has 0 N–H and O–H groups in total. The van der Waals surface area contributed by atoms with Crippen LogP contribution in [0.4, 0.5) is 0 Å². The fourth-order valence-electron chi connectivity index (χ4n) is 2.05. The van der Waals surface area contributed by atoms with Crippen LogP contribution in [0, 0.1) is 30.6 Å². The Kier molecular flexibility index (Phi) is 4.12. The van der Waals surface area contributed by atoms with Crippen molar-refractivity contribution in [1.29, 1.82) is 5.26 Å². The van der Waals surface area contributed by atoms with Crippen LogP contribution in [0.25, 0.3) is 0 Å². The second-order valence-corrected chi connectivity index (χ2v) is 4.71. The maximum absolute atomic E-state index is 9.35. The molecule has 0 aromatic heterocycles. The van der Waals surface area contributed by atoms with Gasteiger partial charge >= 0.3 is 0 Å². The first-order valence-corrected chi connectivity index (χ1v) is 6.04. The molecule has 86 valence electrons. The Morgan fingerprint density at radius 1 is 1.19 bits per heavy atom. The Morgan fingerprint density at radius 3 is 2.31 bits per heavy atom. The van der Waals surface area contributed by atoms with Gasteiger partial charge in [-0.25, -0.2) is 0 Å². The van der Waals surface area contributed by atoms with E-state index in [4.69, 9.17) is 0 Å². The van der Waals surface area contributed by atoms with Gasteiger partial charge in [0.1, 0.15) is 0 Å². The standard InChI is InChI=1S/C15H21N/c1-5-15(6-2,11-16)10-14-9-12(3)7-8-13(14)4/h7-9H,5-6,10H2,1-4H3. The van der Waals surface area contributed by atoms with Crippen molar-refractivity contribution in [3.8, 4) is 6.07 Å². The van der Waals surface area contributed by atoms with E-state index in [1.54, 1.807) is 0 Å². The second-order valence-electron chi connectivity index (χ2n) is 4.71. The monoisotopic (exact) mass is 215 g/mol. The molecule has 1 heteroatoms. The smallest absolute Gasteiger partial charge is 0.0693 e. The molecule has 1 aromatic rings. The minimum atomic E-state index is -0.182. The molecule has 0 bridgehead atoms. The molecular weight excluding hydrogens is 194 g/mol. The highest BCUT2D eigenvalue weighted by Gasteiger charge is 2.26. The Balaban J connectivity index is 3.03. The summed E-state index contributed by atoms with van der Waals surface area (Å²) in [6.07, 6.45) is 2.73. The van der Waals surface area contributed by atoms with Crippen LogP contribution >= 0.6 is 0 Å². The summed E-state index contributed by atoms with van der Waals surface area (Å²) in [5.74, 6) is 0. The molecular formula is C15H21N. The predicted octanol–water partition coefficient (Wildman–Crippen LogP) is 4.18. The Morgan fingerprint density at radius 2 is 1.81 bits per heavy atom. The maximum Gasteiger partial charge on any atom is 0.0693 e. The topological polar surface area (TPSA) is 23.8 Å². The van der Waals surface area contributed by atoms with Crippen molar-refractivity contribution in [3.05, 3.63) is 34.9 Å². The van der Waals surface area contributed by atoms with E-state index in [1.807, 2.05) is 0 Å². The molecule has 0 aliphatic carbocycles. The van der Waals surface area contributed by atoms with Gasteiger partial charge in [-0.15, -0.1) is 0 Å². The summed E-state index contributed by atoms with van der Waals surface area (Å²) >= 11 is 0. The highest BCUT2D eigenvalue weighted by atomic mass is 14.4. The van der Waals surface area contributed by atoms with E-state index in [0.717, 1.165) is 19.3 Å². The lowest BCUT2D eigenvalue weighted by Crippen LogP contribution is -2.20. The van der Waals surface area contributed by atoms with Crippen LogP contribution in [0.5, 0.6) is 0 Å². The fraction of sp³-hybridized carbons (Fsp3) is 0.533. The Bertz CT molecular complexity index is 394. The van der Waals surface area contributed by atoms with Crippen LogP contribution < -0.4 is 0 Å². The predicted molar refractivity (Wildman–Crippen MR) is 68.2 cm³/mol. The first kappa shape index (κ1) is 12.8. The lowest BCUT2D eigenvalue weighted by Gasteiger charge is -2.24. The Hall–Kier alpha value is -1.29.